The van der Waals surface area contributed by atoms with E-state index < -0.39 is 5.92 Å². The number of nitrogens with zero attached hydrogens (tertiary/aromatic N) is 2. The van der Waals surface area contributed by atoms with Crippen LogP contribution in [0.3, 0.4) is 0 Å². The van der Waals surface area contributed by atoms with Crippen LogP contribution >= 0.6 is 22.7 Å². The second-order valence-electron chi connectivity index (χ2n) is 3.94. The minimum Gasteiger partial charge on any atom is -0.291 e. The Balaban J connectivity index is 1.98. The molecule has 0 fully saturated rings. The Morgan fingerprint density at radius 3 is 2.89 bits per heavy atom. The van der Waals surface area contributed by atoms with Crippen molar-refractivity contribution in [3.63, 3.8) is 0 Å². The van der Waals surface area contributed by atoms with Crippen molar-refractivity contribution in [2.75, 3.05) is 0 Å². The van der Waals surface area contributed by atoms with Gasteiger partial charge in [0.05, 0.1) is 16.6 Å². The van der Waals surface area contributed by atoms with E-state index in [2.05, 4.69) is 11.1 Å². The Morgan fingerprint density at radius 2 is 2.21 bits per heavy atom. The van der Waals surface area contributed by atoms with Crippen molar-refractivity contribution in [2.24, 2.45) is 0 Å². The predicted octanol–water partition coefficient (Wildman–Crippen LogP) is 3.85. The van der Waals surface area contributed by atoms with Crippen molar-refractivity contribution < 1.29 is 4.79 Å². The van der Waals surface area contributed by atoms with Crippen molar-refractivity contribution in [3.05, 3.63) is 52.5 Å². The zero-order valence-corrected chi connectivity index (χ0v) is 11.4. The van der Waals surface area contributed by atoms with Gasteiger partial charge in [-0.2, -0.15) is 5.26 Å². The lowest BCUT2D eigenvalue weighted by Crippen LogP contribution is -2.11. The molecule has 1 atom stereocenters. The number of thiophene rings is 2. The van der Waals surface area contributed by atoms with Crippen LogP contribution in [0.4, 0.5) is 0 Å². The molecule has 0 bridgehead atoms. The Morgan fingerprint density at radius 1 is 1.32 bits per heavy atom. The molecule has 3 heterocycles. The molecule has 1 unspecified atom stereocenters. The number of fused-ring (bicyclic) bond motifs is 1. The minimum absolute atomic E-state index is 0.172. The van der Waals surface area contributed by atoms with Crippen LogP contribution in [0, 0.1) is 11.3 Å². The fraction of sp³-hybridized carbons (Fsp3) is 0.0714. The Kier molecular flexibility index (Phi) is 3.11. The molecule has 3 rings (SSSR count). The van der Waals surface area contributed by atoms with Crippen molar-refractivity contribution in [2.45, 2.75) is 5.92 Å². The molecule has 3 aromatic rings. The molecule has 0 radical (unpaired) electrons. The Bertz CT molecular complexity index is 739. The maximum absolute atomic E-state index is 12.4. The van der Waals surface area contributed by atoms with Crippen LogP contribution in [0.25, 0.3) is 9.40 Å². The summed E-state index contributed by atoms with van der Waals surface area (Å²) in [6.07, 6.45) is 1.60. The largest absolute Gasteiger partial charge is 0.291 e. The summed E-state index contributed by atoms with van der Waals surface area (Å²) in [5.41, 5.74) is 0.506. The molecule has 19 heavy (non-hydrogen) atoms. The second kappa shape index (κ2) is 4.92. The van der Waals surface area contributed by atoms with Crippen LogP contribution in [-0.4, -0.2) is 10.8 Å². The smallest absolute Gasteiger partial charge is 0.196 e. The van der Waals surface area contributed by atoms with Gasteiger partial charge in [-0.25, -0.2) is 0 Å². The summed E-state index contributed by atoms with van der Waals surface area (Å²) in [7, 11) is 0. The van der Waals surface area contributed by atoms with E-state index in [1.54, 1.807) is 35.7 Å². The second-order valence-corrected chi connectivity index (χ2v) is 5.97. The molecule has 0 N–H and O–H groups in total. The van der Waals surface area contributed by atoms with Crippen molar-refractivity contribution in [1.29, 1.82) is 5.26 Å². The van der Waals surface area contributed by atoms with Crippen LogP contribution < -0.4 is 0 Å². The average Bonchev–Trinajstić information content (AvgIpc) is 3.01. The van der Waals surface area contributed by atoms with Gasteiger partial charge in [0.25, 0.3) is 0 Å². The Hall–Kier alpha value is -2.03. The number of pyridine rings is 1. The molecule has 3 nitrogen and oxygen atoms in total. The van der Waals surface area contributed by atoms with Gasteiger partial charge in [-0.3, -0.25) is 9.78 Å². The van der Waals surface area contributed by atoms with E-state index in [9.17, 15) is 10.1 Å². The van der Waals surface area contributed by atoms with E-state index in [-0.39, 0.29) is 5.78 Å². The van der Waals surface area contributed by atoms with Crippen molar-refractivity contribution in [3.8, 4) is 6.07 Å². The number of carbonyl (C=O) groups excluding carboxylic acids is 1. The third-order valence-corrected chi connectivity index (χ3v) is 4.86. The van der Waals surface area contributed by atoms with E-state index in [1.165, 1.54) is 11.3 Å². The van der Waals surface area contributed by atoms with E-state index in [0.717, 1.165) is 9.40 Å². The number of Topliss-reactive ketones (excluding diaryl/α,β-unsaturated/α-hetero) is 1. The number of aromatic nitrogens is 1. The average molecular weight is 284 g/mol. The first-order chi connectivity index (χ1) is 9.29. The lowest BCUT2D eigenvalue weighted by molar-refractivity contribution is 0.0981. The van der Waals surface area contributed by atoms with Crippen LogP contribution in [-0.2, 0) is 0 Å². The van der Waals surface area contributed by atoms with Gasteiger partial charge in [-0.15, -0.1) is 22.7 Å². The first kappa shape index (κ1) is 12.0. The molecular weight excluding hydrogens is 276 g/mol. The molecule has 0 amide bonds. The summed E-state index contributed by atoms with van der Waals surface area (Å²) < 4.78 is 2.18. The van der Waals surface area contributed by atoms with Gasteiger partial charge in [0, 0.05) is 15.6 Å². The van der Waals surface area contributed by atoms with E-state index >= 15 is 0 Å². The SMILES string of the molecule is N#CC(C(=O)c1cc2sccc2s1)c1ccccn1. The summed E-state index contributed by atoms with van der Waals surface area (Å²) in [5, 5.41) is 11.2. The number of ketones is 1. The topological polar surface area (TPSA) is 53.8 Å². The fourth-order valence-electron chi connectivity index (χ4n) is 1.84. The zero-order valence-electron chi connectivity index (χ0n) is 9.74. The quantitative estimate of drug-likeness (QED) is 0.686. The molecule has 0 saturated carbocycles. The van der Waals surface area contributed by atoms with E-state index in [1.807, 2.05) is 17.5 Å². The van der Waals surface area contributed by atoms with Crippen LogP contribution in [0.15, 0.2) is 41.9 Å². The monoisotopic (exact) mass is 284 g/mol. The molecule has 92 valence electrons. The highest BCUT2D eigenvalue weighted by atomic mass is 32.1. The third kappa shape index (κ3) is 2.16. The van der Waals surface area contributed by atoms with Gasteiger partial charge >= 0.3 is 0 Å². The number of carbonyl (C=O) groups is 1. The minimum atomic E-state index is -0.825. The normalized spacial score (nSPS) is 12.2. The van der Waals surface area contributed by atoms with Gasteiger partial charge in [0.15, 0.2) is 11.7 Å². The lowest BCUT2D eigenvalue weighted by Gasteiger charge is -2.05. The number of nitriles is 1. The highest BCUT2D eigenvalue weighted by Gasteiger charge is 2.24. The molecule has 0 aliphatic rings. The van der Waals surface area contributed by atoms with Crippen LogP contribution in [0.5, 0.6) is 0 Å². The lowest BCUT2D eigenvalue weighted by atomic mass is 10.0. The summed E-state index contributed by atoms with van der Waals surface area (Å²) in [4.78, 5) is 17.1. The first-order valence-electron chi connectivity index (χ1n) is 5.61. The van der Waals surface area contributed by atoms with Gasteiger partial charge < -0.3 is 0 Å². The van der Waals surface area contributed by atoms with Crippen LogP contribution in [0.2, 0.25) is 0 Å². The summed E-state index contributed by atoms with van der Waals surface area (Å²) >= 11 is 3.03. The number of rotatable bonds is 3. The first-order valence-corrected chi connectivity index (χ1v) is 7.31. The number of hydrogen-bond donors (Lipinski definition) is 0. The van der Waals surface area contributed by atoms with Gasteiger partial charge in [-0.05, 0) is 29.6 Å². The zero-order chi connectivity index (χ0) is 13.2. The molecule has 0 saturated heterocycles. The van der Waals surface area contributed by atoms with Crippen molar-refractivity contribution in [1.82, 2.24) is 4.98 Å². The molecule has 0 spiro atoms. The highest BCUT2D eigenvalue weighted by Crippen LogP contribution is 2.32. The van der Waals surface area contributed by atoms with E-state index in [0.29, 0.717) is 10.6 Å². The number of hydrogen-bond acceptors (Lipinski definition) is 5. The standard InChI is InChI=1S/C14H8N2OS2/c15-8-9(10-3-1-2-5-16-10)14(17)13-7-12-11(19-13)4-6-18-12/h1-7,9H. The van der Waals surface area contributed by atoms with Gasteiger partial charge in [0.1, 0.15) is 0 Å². The molecule has 0 aromatic carbocycles. The summed E-state index contributed by atoms with van der Waals surface area (Å²) in [5.74, 6) is -0.997. The fourth-order valence-corrected chi connectivity index (χ4v) is 3.91. The van der Waals surface area contributed by atoms with E-state index in [4.69, 9.17) is 0 Å². The molecule has 0 aliphatic carbocycles. The molecule has 0 aliphatic heterocycles. The molecule has 5 heteroatoms. The maximum Gasteiger partial charge on any atom is 0.196 e. The molecular formula is C14H8N2OS2. The van der Waals surface area contributed by atoms with Crippen LogP contribution in [0.1, 0.15) is 21.3 Å². The Labute approximate surface area is 117 Å². The molecule has 3 aromatic heterocycles. The maximum atomic E-state index is 12.4. The third-order valence-electron chi connectivity index (χ3n) is 2.76. The van der Waals surface area contributed by atoms with Crippen molar-refractivity contribution >= 4 is 37.9 Å². The van der Waals surface area contributed by atoms with Gasteiger partial charge in [-0.1, -0.05) is 6.07 Å². The predicted molar refractivity (Wildman–Crippen MR) is 76.6 cm³/mol. The summed E-state index contributed by atoms with van der Waals surface area (Å²) in [6, 6.07) is 11.2. The van der Waals surface area contributed by atoms with Gasteiger partial charge in [0.2, 0.25) is 0 Å². The highest BCUT2D eigenvalue weighted by molar-refractivity contribution is 7.27. The summed E-state index contributed by atoms with van der Waals surface area (Å²) in [6.45, 7) is 0.